The maximum absolute atomic E-state index is 12.0. The third-order valence-electron chi connectivity index (χ3n) is 5.50. The molecule has 1 aromatic heterocycles. The van der Waals surface area contributed by atoms with Gasteiger partial charge in [0.1, 0.15) is 0 Å². The highest BCUT2D eigenvalue weighted by Gasteiger charge is 2.27. The van der Waals surface area contributed by atoms with Gasteiger partial charge in [-0.2, -0.15) is 5.10 Å². The molecule has 2 aromatic rings. The number of carbonyl (C=O) groups is 1. The molecule has 1 unspecified atom stereocenters. The van der Waals surface area contributed by atoms with Gasteiger partial charge in [0.2, 0.25) is 5.91 Å². The molecule has 1 amide bonds. The summed E-state index contributed by atoms with van der Waals surface area (Å²) in [6.45, 7) is 3.97. The molecular formula is C20H26N4O. The number of likely N-dealkylation sites (tertiary alicyclic amines) is 1. The molecule has 1 aromatic carbocycles. The smallest absolute Gasteiger partial charge is 0.223 e. The van der Waals surface area contributed by atoms with E-state index >= 15 is 0 Å². The van der Waals surface area contributed by atoms with Crippen LogP contribution in [0, 0.1) is 11.8 Å². The van der Waals surface area contributed by atoms with E-state index in [1.54, 1.807) is 6.20 Å². The predicted octanol–water partition coefficient (Wildman–Crippen LogP) is 2.61. The van der Waals surface area contributed by atoms with Crippen molar-refractivity contribution in [1.82, 2.24) is 20.0 Å². The van der Waals surface area contributed by atoms with Crippen LogP contribution in [0.2, 0.25) is 0 Å². The zero-order chi connectivity index (χ0) is 17.1. The van der Waals surface area contributed by atoms with Crippen molar-refractivity contribution in [1.29, 1.82) is 0 Å². The highest BCUT2D eigenvalue weighted by atomic mass is 16.1. The normalized spacial score (nSPS) is 21.2. The zero-order valence-electron chi connectivity index (χ0n) is 14.6. The van der Waals surface area contributed by atoms with E-state index in [9.17, 15) is 4.79 Å². The summed E-state index contributed by atoms with van der Waals surface area (Å²) >= 11 is 0. The number of aromatic nitrogens is 2. The second kappa shape index (κ2) is 7.40. The summed E-state index contributed by atoms with van der Waals surface area (Å²) in [4.78, 5) is 14.5. The number of nitrogens with one attached hydrogen (secondary N) is 1. The van der Waals surface area contributed by atoms with Crippen molar-refractivity contribution in [3.63, 3.8) is 0 Å². The van der Waals surface area contributed by atoms with Crippen LogP contribution in [-0.4, -0.2) is 40.2 Å². The van der Waals surface area contributed by atoms with Crippen LogP contribution in [0.15, 0.2) is 42.7 Å². The van der Waals surface area contributed by atoms with E-state index in [1.165, 1.54) is 18.4 Å². The van der Waals surface area contributed by atoms with Gasteiger partial charge in [0.05, 0.1) is 5.69 Å². The van der Waals surface area contributed by atoms with Crippen LogP contribution in [0.1, 0.15) is 31.2 Å². The van der Waals surface area contributed by atoms with Crippen molar-refractivity contribution >= 4 is 5.91 Å². The zero-order valence-corrected chi connectivity index (χ0v) is 14.6. The average Bonchev–Trinajstić information content (AvgIpc) is 3.23. The summed E-state index contributed by atoms with van der Waals surface area (Å²) < 4.78 is 1.90. The predicted molar refractivity (Wildman–Crippen MR) is 97.3 cm³/mol. The Morgan fingerprint density at radius 1 is 1.24 bits per heavy atom. The Hall–Kier alpha value is -2.14. The van der Waals surface area contributed by atoms with Crippen molar-refractivity contribution in [3.05, 3.63) is 48.3 Å². The second-order valence-corrected chi connectivity index (χ2v) is 7.38. The van der Waals surface area contributed by atoms with Crippen molar-refractivity contribution < 1.29 is 4.79 Å². The number of benzene rings is 1. The molecule has 2 heterocycles. The first-order chi connectivity index (χ1) is 12.3. The van der Waals surface area contributed by atoms with Gasteiger partial charge in [-0.3, -0.25) is 9.69 Å². The molecular weight excluding hydrogens is 312 g/mol. The number of amides is 1. The standard InChI is InChI=1S/C20H26N4O/c25-20(18-5-2-6-18)21-13-17-8-11-23(15-17)14-16-4-1-7-19(12-16)24-10-3-9-22-24/h1,3-4,7,9-10,12,17-18H,2,5-6,8,11,13-15H2,(H,21,25). The summed E-state index contributed by atoms with van der Waals surface area (Å²) in [5, 5.41) is 7.46. The molecule has 1 saturated heterocycles. The van der Waals surface area contributed by atoms with Crippen molar-refractivity contribution in [2.45, 2.75) is 32.2 Å². The molecule has 5 nitrogen and oxygen atoms in total. The molecule has 5 heteroatoms. The molecule has 2 aliphatic rings. The Labute approximate surface area is 149 Å². The van der Waals surface area contributed by atoms with Gasteiger partial charge < -0.3 is 5.32 Å². The van der Waals surface area contributed by atoms with E-state index in [0.717, 1.165) is 44.7 Å². The molecule has 25 heavy (non-hydrogen) atoms. The third kappa shape index (κ3) is 3.93. The lowest BCUT2D eigenvalue weighted by atomic mass is 9.85. The Balaban J connectivity index is 1.28. The Kier molecular flexibility index (Phi) is 4.83. The lowest BCUT2D eigenvalue weighted by molar-refractivity contribution is -0.127. The third-order valence-corrected chi connectivity index (χ3v) is 5.50. The van der Waals surface area contributed by atoms with Crippen LogP contribution in [0.4, 0.5) is 0 Å². The molecule has 4 rings (SSSR count). The highest BCUT2D eigenvalue weighted by molar-refractivity contribution is 5.79. The number of hydrogen-bond acceptors (Lipinski definition) is 3. The van der Waals surface area contributed by atoms with Crippen LogP contribution in [0.5, 0.6) is 0 Å². The van der Waals surface area contributed by atoms with E-state index in [0.29, 0.717) is 11.8 Å². The van der Waals surface area contributed by atoms with Gasteiger partial charge >= 0.3 is 0 Å². The van der Waals surface area contributed by atoms with Gasteiger partial charge in [-0.15, -0.1) is 0 Å². The van der Waals surface area contributed by atoms with E-state index in [1.807, 2.05) is 16.9 Å². The lowest BCUT2D eigenvalue weighted by Crippen LogP contribution is -2.37. The van der Waals surface area contributed by atoms with Gasteiger partial charge in [-0.05, 0) is 55.5 Å². The fraction of sp³-hybridized carbons (Fsp3) is 0.500. The van der Waals surface area contributed by atoms with Crippen molar-refractivity contribution in [3.8, 4) is 5.69 Å². The number of carbonyl (C=O) groups excluding carboxylic acids is 1. The van der Waals surface area contributed by atoms with Crippen LogP contribution < -0.4 is 5.32 Å². The summed E-state index contributed by atoms with van der Waals surface area (Å²) in [7, 11) is 0. The highest BCUT2D eigenvalue weighted by Crippen LogP contribution is 2.26. The fourth-order valence-electron chi connectivity index (χ4n) is 3.76. The first-order valence-corrected chi connectivity index (χ1v) is 9.37. The van der Waals surface area contributed by atoms with Crippen molar-refractivity contribution in [2.24, 2.45) is 11.8 Å². The van der Waals surface area contributed by atoms with Gasteiger partial charge in [0.25, 0.3) is 0 Å². The van der Waals surface area contributed by atoms with E-state index in [4.69, 9.17) is 0 Å². The van der Waals surface area contributed by atoms with Crippen LogP contribution in [0.3, 0.4) is 0 Å². The summed E-state index contributed by atoms with van der Waals surface area (Å²) in [6.07, 6.45) is 8.31. The lowest BCUT2D eigenvalue weighted by Gasteiger charge is -2.25. The molecule has 1 N–H and O–H groups in total. The molecule has 1 saturated carbocycles. The minimum atomic E-state index is 0.275. The minimum absolute atomic E-state index is 0.275. The summed E-state index contributed by atoms with van der Waals surface area (Å²) in [6, 6.07) is 10.5. The van der Waals surface area contributed by atoms with Crippen LogP contribution in [0.25, 0.3) is 5.69 Å². The van der Waals surface area contributed by atoms with Gasteiger partial charge in [-0.25, -0.2) is 4.68 Å². The molecule has 0 bridgehead atoms. The monoisotopic (exact) mass is 338 g/mol. The largest absolute Gasteiger partial charge is 0.356 e. The summed E-state index contributed by atoms with van der Waals surface area (Å²) in [5.74, 6) is 1.15. The van der Waals surface area contributed by atoms with Gasteiger partial charge in [-0.1, -0.05) is 18.6 Å². The van der Waals surface area contributed by atoms with Gasteiger partial charge in [0.15, 0.2) is 0 Å². The maximum Gasteiger partial charge on any atom is 0.223 e. The van der Waals surface area contributed by atoms with Crippen LogP contribution >= 0.6 is 0 Å². The quantitative estimate of drug-likeness (QED) is 0.881. The molecule has 1 atom stereocenters. The molecule has 2 fully saturated rings. The Bertz CT molecular complexity index is 708. The maximum atomic E-state index is 12.0. The topological polar surface area (TPSA) is 50.2 Å². The van der Waals surface area contributed by atoms with E-state index in [-0.39, 0.29) is 5.91 Å². The molecule has 132 valence electrons. The minimum Gasteiger partial charge on any atom is -0.356 e. The molecule has 1 aliphatic carbocycles. The second-order valence-electron chi connectivity index (χ2n) is 7.38. The molecule has 0 spiro atoms. The van der Waals surface area contributed by atoms with E-state index in [2.05, 4.69) is 39.6 Å². The Morgan fingerprint density at radius 2 is 2.16 bits per heavy atom. The number of nitrogens with zero attached hydrogens (tertiary/aromatic N) is 3. The Morgan fingerprint density at radius 3 is 2.92 bits per heavy atom. The SMILES string of the molecule is O=C(NCC1CCN(Cc2cccc(-n3cccn3)c2)C1)C1CCC1. The van der Waals surface area contributed by atoms with Gasteiger partial charge in [0, 0.05) is 37.9 Å². The van der Waals surface area contributed by atoms with E-state index < -0.39 is 0 Å². The first-order valence-electron chi connectivity index (χ1n) is 9.37. The first kappa shape index (κ1) is 16.3. The average molecular weight is 338 g/mol. The van der Waals surface area contributed by atoms with Crippen LogP contribution in [-0.2, 0) is 11.3 Å². The fourth-order valence-corrected chi connectivity index (χ4v) is 3.76. The number of hydrogen-bond donors (Lipinski definition) is 1. The molecule has 0 radical (unpaired) electrons. The number of rotatable bonds is 6. The summed E-state index contributed by atoms with van der Waals surface area (Å²) in [5.41, 5.74) is 2.41. The molecule has 1 aliphatic heterocycles. The van der Waals surface area contributed by atoms with Crippen molar-refractivity contribution in [2.75, 3.05) is 19.6 Å².